The Hall–Kier alpha value is -1.36. The summed E-state index contributed by atoms with van der Waals surface area (Å²) in [6, 6.07) is 1.97. The molecule has 0 bridgehead atoms. The van der Waals surface area contributed by atoms with Crippen LogP contribution < -0.4 is 11.1 Å². The highest BCUT2D eigenvalue weighted by atomic mass is 16.1. The number of carbonyl (C=O) groups excluding carboxylic acids is 1. The van der Waals surface area contributed by atoms with E-state index in [4.69, 9.17) is 5.73 Å². The number of nitrogens with two attached hydrogens (primary N) is 1. The van der Waals surface area contributed by atoms with Gasteiger partial charge >= 0.3 is 0 Å². The van der Waals surface area contributed by atoms with Gasteiger partial charge in [0.1, 0.15) is 0 Å². The van der Waals surface area contributed by atoms with Crippen LogP contribution in [0.2, 0.25) is 0 Å². The van der Waals surface area contributed by atoms with Gasteiger partial charge in [-0.1, -0.05) is 12.8 Å². The Balaban J connectivity index is 2.02. The van der Waals surface area contributed by atoms with Gasteiger partial charge in [-0.15, -0.1) is 0 Å². The molecule has 1 aromatic heterocycles. The summed E-state index contributed by atoms with van der Waals surface area (Å²) in [5, 5.41) is 7.02. The van der Waals surface area contributed by atoms with Gasteiger partial charge in [0, 0.05) is 38.3 Å². The van der Waals surface area contributed by atoms with Crippen LogP contribution in [-0.2, 0) is 18.3 Å². The van der Waals surface area contributed by atoms with Gasteiger partial charge < -0.3 is 11.1 Å². The molecular formula is C13H24N4O. The summed E-state index contributed by atoms with van der Waals surface area (Å²) >= 11 is 0. The van der Waals surface area contributed by atoms with Crippen LogP contribution in [0.25, 0.3) is 0 Å². The topological polar surface area (TPSA) is 72.9 Å². The third-order valence-electron chi connectivity index (χ3n) is 2.98. The number of rotatable bonds is 9. The summed E-state index contributed by atoms with van der Waals surface area (Å²) in [4.78, 5) is 11.5. The lowest BCUT2D eigenvalue weighted by Crippen LogP contribution is -2.25. The summed E-state index contributed by atoms with van der Waals surface area (Å²) < 4.78 is 1.83. The van der Waals surface area contributed by atoms with Crippen molar-refractivity contribution >= 4 is 5.91 Å². The van der Waals surface area contributed by atoms with Crippen molar-refractivity contribution in [2.75, 3.05) is 13.1 Å². The Morgan fingerprint density at radius 3 is 2.83 bits per heavy atom. The van der Waals surface area contributed by atoms with Gasteiger partial charge in [0.25, 0.3) is 0 Å². The van der Waals surface area contributed by atoms with Crippen molar-refractivity contribution in [2.24, 2.45) is 12.8 Å². The Bertz CT molecular complexity index is 349. The van der Waals surface area contributed by atoms with Gasteiger partial charge in [0.2, 0.25) is 5.91 Å². The first-order valence-electron chi connectivity index (χ1n) is 6.67. The summed E-state index contributed by atoms with van der Waals surface area (Å²) in [5.41, 5.74) is 6.55. The molecule has 1 amide bonds. The minimum Gasteiger partial charge on any atom is -0.356 e. The molecular weight excluding hydrogens is 228 g/mol. The second-order valence-corrected chi connectivity index (χ2v) is 4.50. The van der Waals surface area contributed by atoms with Gasteiger partial charge in [-0.3, -0.25) is 9.48 Å². The quantitative estimate of drug-likeness (QED) is 0.644. The van der Waals surface area contributed by atoms with E-state index in [0.717, 1.165) is 44.3 Å². The third-order valence-corrected chi connectivity index (χ3v) is 2.98. The fraction of sp³-hybridized carbons (Fsp3) is 0.692. The van der Waals surface area contributed by atoms with E-state index in [-0.39, 0.29) is 5.91 Å². The zero-order chi connectivity index (χ0) is 13.2. The minimum absolute atomic E-state index is 0.143. The van der Waals surface area contributed by atoms with Gasteiger partial charge in [0.15, 0.2) is 0 Å². The lowest BCUT2D eigenvalue weighted by Gasteiger charge is -2.05. The van der Waals surface area contributed by atoms with Crippen molar-refractivity contribution < 1.29 is 4.79 Å². The second kappa shape index (κ2) is 8.69. The fourth-order valence-electron chi connectivity index (χ4n) is 1.85. The summed E-state index contributed by atoms with van der Waals surface area (Å²) in [7, 11) is 1.91. The second-order valence-electron chi connectivity index (χ2n) is 4.50. The number of amides is 1. The fourth-order valence-corrected chi connectivity index (χ4v) is 1.85. The molecule has 0 spiro atoms. The maximum absolute atomic E-state index is 11.5. The molecule has 1 aromatic rings. The number of aromatic nitrogens is 2. The SMILES string of the molecule is Cn1nccc1CCNC(=O)CCCCCCN. The van der Waals surface area contributed by atoms with E-state index >= 15 is 0 Å². The first kappa shape index (κ1) is 14.7. The van der Waals surface area contributed by atoms with E-state index in [2.05, 4.69) is 10.4 Å². The van der Waals surface area contributed by atoms with Gasteiger partial charge in [0.05, 0.1) is 0 Å². The molecule has 102 valence electrons. The zero-order valence-corrected chi connectivity index (χ0v) is 11.2. The molecule has 0 unspecified atom stereocenters. The van der Waals surface area contributed by atoms with Crippen molar-refractivity contribution in [2.45, 2.75) is 38.5 Å². The molecule has 0 saturated carbocycles. The largest absolute Gasteiger partial charge is 0.356 e. The Morgan fingerprint density at radius 2 is 2.17 bits per heavy atom. The molecule has 0 fully saturated rings. The molecule has 0 aromatic carbocycles. The lowest BCUT2D eigenvalue weighted by atomic mass is 10.1. The highest BCUT2D eigenvalue weighted by molar-refractivity contribution is 5.75. The molecule has 0 aliphatic carbocycles. The summed E-state index contributed by atoms with van der Waals surface area (Å²) in [6.45, 7) is 1.43. The molecule has 0 radical (unpaired) electrons. The predicted octanol–water partition coefficient (Wildman–Crippen LogP) is 0.988. The van der Waals surface area contributed by atoms with E-state index in [1.165, 1.54) is 0 Å². The molecule has 5 heteroatoms. The first-order chi connectivity index (χ1) is 8.74. The molecule has 5 nitrogen and oxygen atoms in total. The lowest BCUT2D eigenvalue weighted by molar-refractivity contribution is -0.121. The number of hydrogen-bond donors (Lipinski definition) is 2. The zero-order valence-electron chi connectivity index (χ0n) is 11.2. The van der Waals surface area contributed by atoms with Crippen LogP contribution in [0, 0.1) is 0 Å². The van der Waals surface area contributed by atoms with E-state index in [1.807, 2.05) is 17.8 Å². The van der Waals surface area contributed by atoms with Crippen molar-refractivity contribution in [3.8, 4) is 0 Å². The van der Waals surface area contributed by atoms with E-state index < -0.39 is 0 Å². The number of nitrogens with one attached hydrogen (secondary N) is 1. The molecule has 1 heterocycles. The summed E-state index contributed by atoms with van der Waals surface area (Å²) in [6.07, 6.45) is 7.45. The molecule has 0 atom stereocenters. The van der Waals surface area contributed by atoms with E-state index in [9.17, 15) is 4.79 Å². The monoisotopic (exact) mass is 252 g/mol. The average molecular weight is 252 g/mol. The van der Waals surface area contributed by atoms with Crippen LogP contribution in [0.4, 0.5) is 0 Å². The van der Waals surface area contributed by atoms with E-state index in [1.54, 1.807) is 6.20 Å². The smallest absolute Gasteiger partial charge is 0.220 e. The van der Waals surface area contributed by atoms with Crippen LogP contribution in [0.3, 0.4) is 0 Å². The maximum Gasteiger partial charge on any atom is 0.220 e. The molecule has 18 heavy (non-hydrogen) atoms. The summed E-state index contributed by atoms with van der Waals surface area (Å²) in [5.74, 6) is 0.143. The van der Waals surface area contributed by atoms with Crippen LogP contribution in [0.5, 0.6) is 0 Å². The van der Waals surface area contributed by atoms with Gasteiger partial charge in [-0.25, -0.2) is 0 Å². The van der Waals surface area contributed by atoms with E-state index in [0.29, 0.717) is 13.0 Å². The first-order valence-corrected chi connectivity index (χ1v) is 6.67. The van der Waals surface area contributed by atoms with Gasteiger partial charge in [-0.05, 0) is 25.5 Å². The van der Waals surface area contributed by atoms with Crippen molar-refractivity contribution in [3.63, 3.8) is 0 Å². The van der Waals surface area contributed by atoms with Crippen LogP contribution in [0.15, 0.2) is 12.3 Å². The van der Waals surface area contributed by atoms with Crippen molar-refractivity contribution in [1.82, 2.24) is 15.1 Å². The molecule has 1 rings (SSSR count). The molecule has 0 aliphatic heterocycles. The van der Waals surface area contributed by atoms with Crippen molar-refractivity contribution in [3.05, 3.63) is 18.0 Å². The third kappa shape index (κ3) is 5.82. The highest BCUT2D eigenvalue weighted by Crippen LogP contribution is 2.02. The van der Waals surface area contributed by atoms with Gasteiger partial charge in [-0.2, -0.15) is 5.10 Å². The number of hydrogen-bond acceptors (Lipinski definition) is 3. The number of unbranched alkanes of at least 4 members (excludes halogenated alkanes) is 3. The average Bonchev–Trinajstić information content (AvgIpc) is 2.75. The Kier molecular flexibility index (Phi) is 7.10. The predicted molar refractivity (Wildman–Crippen MR) is 72.1 cm³/mol. The maximum atomic E-state index is 11.5. The Morgan fingerprint density at radius 1 is 1.39 bits per heavy atom. The number of nitrogens with zero attached hydrogens (tertiary/aromatic N) is 2. The Labute approximate surface area is 109 Å². The molecule has 0 saturated heterocycles. The normalized spacial score (nSPS) is 10.6. The van der Waals surface area contributed by atoms with Crippen molar-refractivity contribution in [1.29, 1.82) is 0 Å². The molecule has 0 aliphatic rings. The van der Waals surface area contributed by atoms with Crippen LogP contribution in [0.1, 0.15) is 37.8 Å². The standard InChI is InChI=1S/C13H24N4O/c1-17-12(8-11-16-17)7-10-15-13(18)6-4-2-3-5-9-14/h8,11H,2-7,9-10,14H2,1H3,(H,15,18). The van der Waals surface area contributed by atoms with Crippen LogP contribution in [-0.4, -0.2) is 28.8 Å². The number of carbonyl (C=O) groups is 1. The highest BCUT2D eigenvalue weighted by Gasteiger charge is 2.02. The molecule has 3 N–H and O–H groups in total. The minimum atomic E-state index is 0.143. The number of aryl methyl sites for hydroxylation is 1. The van der Waals surface area contributed by atoms with Crippen LogP contribution >= 0.6 is 0 Å².